The summed E-state index contributed by atoms with van der Waals surface area (Å²) in [5.74, 6) is -0.284. The molecule has 0 bridgehead atoms. The van der Waals surface area contributed by atoms with E-state index >= 15 is 0 Å². The molecule has 0 aliphatic rings. The standard InChI is InChI=1S/C11H8FN/c12-10-7-4-8-13-11(10)9-5-2-1-3-6-9/h1-8H. The third kappa shape index (κ3) is 1.56. The fourth-order valence-corrected chi connectivity index (χ4v) is 1.19. The summed E-state index contributed by atoms with van der Waals surface area (Å²) in [4.78, 5) is 3.97. The van der Waals surface area contributed by atoms with Crippen LogP contribution in [-0.4, -0.2) is 4.98 Å². The minimum Gasteiger partial charge on any atom is -0.253 e. The smallest absolute Gasteiger partial charge is 0.149 e. The van der Waals surface area contributed by atoms with E-state index in [0.717, 1.165) is 5.56 Å². The van der Waals surface area contributed by atoms with Crippen LogP contribution < -0.4 is 0 Å². The molecule has 64 valence electrons. The summed E-state index contributed by atoms with van der Waals surface area (Å²) < 4.78 is 13.2. The summed E-state index contributed by atoms with van der Waals surface area (Å²) in [6.45, 7) is 0. The number of halogens is 1. The van der Waals surface area contributed by atoms with Gasteiger partial charge in [0.25, 0.3) is 0 Å². The average Bonchev–Trinajstić information content (AvgIpc) is 2.20. The van der Waals surface area contributed by atoms with Crippen LogP contribution in [0.5, 0.6) is 0 Å². The number of nitrogens with zero attached hydrogens (tertiary/aromatic N) is 1. The predicted molar refractivity (Wildman–Crippen MR) is 49.6 cm³/mol. The van der Waals surface area contributed by atoms with Crippen LogP contribution in [-0.2, 0) is 0 Å². The molecule has 1 aromatic heterocycles. The molecule has 0 unspecified atom stereocenters. The first kappa shape index (κ1) is 7.92. The molecule has 2 rings (SSSR count). The van der Waals surface area contributed by atoms with Crippen LogP contribution in [0.1, 0.15) is 0 Å². The maximum absolute atomic E-state index is 13.2. The fourth-order valence-electron chi connectivity index (χ4n) is 1.19. The van der Waals surface area contributed by atoms with Gasteiger partial charge in [0.1, 0.15) is 11.5 Å². The van der Waals surface area contributed by atoms with Gasteiger partial charge in [0.05, 0.1) is 0 Å². The number of aromatic nitrogens is 1. The molecule has 1 aromatic carbocycles. The van der Waals surface area contributed by atoms with Crippen molar-refractivity contribution in [3.63, 3.8) is 0 Å². The van der Waals surface area contributed by atoms with Gasteiger partial charge in [-0.1, -0.05) is 30.3 Å². The molecule has 2 aromatic rings. The van der Waals surface area contributed by atoms with Crippen LogP contribution >= 0.6 is 0 Å². The molecule has 0 saturated carbocycles. The molecule has 1 heterocycles. The van der Waals surface area contributed by atoms with Crippen LogP contribution in [0.15, 0.2) is 48.7 Å². The number of pyridine rings is 1. The predicted octanol–water partition coefficient (Wildman–Crippen LogP) is 2.89. The molecule has 0 N–H and O–H groups in total. The largest absolute Gasteiger partial charge is 0.253 e. The minimum absolute atomic E-state index is 0.284. The van der Waals surface area contributed by atoms with E-state index in [1.807, 2.05) is 30.3 Å². The van der Waals surface area contributed by atoms with Gasteiger partial charge in [-0.2, -0.15) is 0 Å². The molecule has 13 heavy (non-hydrogen) atoms. The van der Waals surface area contributed by atoms with Crippen molar-refractivity contribution >= 4 is 0 Å². The Labute approximate surface area is 75.9 Å². The summed E-state index contributed by atoms with van der Waals surface area (Å²) in [6.07, 6.45) is 1.59. The second-order valence-electron chi connectivity index (χ2n) is 2.70. The normalized spacial score (nSPS) is 9.92. The van der Waals surface area contributed by atoms with E-state index in [0.29, 0.717) is 5.69 Å². The topological polar surface area (TPSA) is 12.9 Å². The van der Waals surface area contributed by atoms with Crippen LogP contribution in [0.25, 0.3) is 11.3 Å². The van der Waals surface area contributed by atoms with E-state index in [2.05, 4.69) is 4.98 Å². The maximum atomic E-state index is 13.2. The fraction of sp³-hybridized carbons (Fsp3) is 0. The molecular formula is C11H8FN. The molecule has 2 heteroatoms. The molecule has 0 atom stereocenters. The SMILES string of the molecule is Fc1cccnc1-c1ccccc1. The van der Waals surface area contributed by atoms with Crippen molar-refractivity contribution in [2.24, 2.45) is 0 Å². The molecule has 0 fully saturated rings. The third-order valence-corrected chi connectivity index (χ3v) is 1.81. The molecule has 0 amide bonds. The van der Waals surface area contributed by atoms with Crippen molar-refractivity contribution in [1.82, 2.24) is 4.98 Å². The zero-order chi connectivity index (χ0) is 9.10. The lowest BCUT2D eigenvalue weighted by molar-refractivity contribution is 0.626. The highest BCUT2D eigenvalue weighted by atomic mass is 19.1. The average molecular weight is 173 g/mol. The van der Waals surface area contributed by atoms with Crippen molar-refractivity contribution in [3.8, 4) is 11.3 Å². The van der Waals surface area contributed by atoms with E-state index in [9.17, 15) is 4.39 Å². The van der Waals surface area contributed by atoms with E-state index in [1.54, 1.807) is 12.3 Å². The van der Waals surface area contributed by atoms with Gasteiger partial charge in [-0.15, -0.1) is 0 Å². The van der Waals surface area contributed by atoms with E-state index < -0.39 is 0 Å². The summed E-state index contributed by atoms with van der Waals surface area (Å²) in [5.41, 5.74) is 1.21. The highest BCUT2D eigenvalue weighted by Crippen LogP contribution is 2.18. The van der Waals surface area contributed by atoms with Gasteiger partial charge < -0.3 is 0 Å². The van der Waals surface area contributed by atoms with Gasteiger partial charge in [0, 0.05) is 11.8 Å². The lowest BCUT2D eigenvalue weighted by Gasteiger charge is -2.00. The maximum Gasteiger partial charge on any atom is 0.149 e. The van der Waals surface area contributed by atoms with Crippen LogP contribution in [0.3, 0.4) is 0 Å². The first-order valence-corrected chi connectivity index (χ1v) is 4.04. The lowest BCUT2D eigenvalue weighted by Crippen LogP contribution is -1.86. The van der Waals surface area contributed by atoms with Gasteiger partial charge in [-0.05, 0) is 12.1 Å². The minimum atomic E-state index is -0.284. The number of hydrogen-bond donors (Lipinski definition) is 0. The van der Waals surface area contributed by atoms with Gasteiger partial charge in [-0.3, -0.25) is 4.98 Å². The molecule has 0 spiro atoms. The first-order chi connectivity index (χ1) is 6.38. The Bertz CT molecular complexity index is 398. The summed E-state index contributed by atoms with van der Waals surface area (Å²) in [5, 5.41) is 0. The van der Waals surface area contributed by atoms with Gasteiger partial charge >= 0.3 is 0 Å². The first-order valence-electron chi connectivity index (χ1n) is 4.04. The van der Waals surface area contributed by atoms with Crippen molar-refractivity contribution in [2.45, 2.75) is 0 Å². The number of rotatable bonds is 1. The molecule has 0 aliphatic carbocycles. The molecular weight excluding hydrogens is 165 g/mol. The van der Waals surface area contributed by atoms with Crippen molar-refractivity contribution in [3.05, 3.63) is 54.5 Å². The molecule has 1 nitrogen and oxygen atoms in total. The summed E-state index contributed by atoms with van der Waals surface area (Å²) >= 11 is 0. The Balaban J connectivity index is 2.54. The van der Waals surface area contributed by atoms with Gasteiger partial charge in [0.2, 0.25) is 0 Å². The monoisotopic (exact) mass is 173 g/mol. The number of benzene rings is 1. The Morgan fingerprint density at radius 3 is 2.38 bits per heavy atom. The van der Waals surface area contributed by atoms with E-state index in [1.165, 1.54) is 6.07 Å². The molecule has 0 aliphatic heterocycles. The quantitative estimate of drug-likeness (QED) is 0.646. The second-order valence-corrected chi connectivity index (χ2v) is 2.70. The van der Waals surface area contributed by atoms with Crippen LogP contribution in [0, 0.1) is 5.82 Å². The van der Waals surface area contributed by atoms with Crippen LogP contribution in [0.2, 0.25) is 0 Å². The highest BCUT2D eigenvalue weighted by Gasteiger charge is 2.03. The third-order valence-electron chi connectivity index (χ3n) is 1.81. The highest BCUT2D eigenvalue weighted by molar-refractivity contribution is 5.58. The van der Waals surface area contributed by atoms with Gasteiger partial charge in [0.15, 0.2) is 0 Å². The second kappa shape index (κ2) is 3.35. The Hall–Kier alpha value is -1.70. The zero-order valence-electron chi connectivity index (χ0n) is 6.94. The van der Waals surface area contributed by atoms with Gasteiger partial charge in [-0.25, -0.2) is 4.39 Å². The van der Waals surface area contributed by atoms with E-state index in [4.69, 9.17) is 0 Å². The van der Waals surface area contributed by atoms with Crippen molar-refractivity contribution < 1.29 is 4.39 Å². The lowest BCUT2D eigenvalue weighted by atomic mass is 10.1. The van der Waals surface area contributed by atoms with Crippen molar-refractivity contribution in [1.29, 1.82) is 0 Å². The van der Waals surface area contributed by atoms with E-state index in [-0.39, 0.29) is 5.82 Å². The molecule has 0 radical (unpaired) electrons. The number of hydrogen-bond acceptors (Lipinski definition) is 1. The van der Waals surface area contributed by atoms with Crippen LogP contribution in [0.4, 0.5) is 4.39 Å². The Morgan fingerprint density at radius 1 is 0.923 bits per heavy atom. The Kier molecular flexibility index (Phi) is 2.04. The zero-order valence-corrected chi connectivity index (χ0v) is 6.94. The molecule has 0 saturated heterocycles. The van der Waals surface area contributed by atoms with Crippen molar-refractivity contribution in [2.75, 3.05) is 0 Å². The summed E-state index contributed by atoms with van der Waals surface area (Å²) in [6, 6.07) is 12.3. The summed E-state index contributed by atoms with van der Waals surface area (Å²) in [7, 11) is 0. The Morgan fingerprint density at radius 2 is 1.69 bits per heavy atom.